The van der Waals surface area contributed by atoms with Crippen LogP contribution in [0.15, 0.2) is 57.7 Å². The van der Waals surface area contributed by atoms with E-state index in [1.54, 1.807) is 49.6 Å². The van der Waals surface area contributed by atoms with Gasteiger partial charge in [0.1, 0.15) is 23.7 Å². The van der Waals surface area contributed by atoms with Crippen molar-refractivity contribution in [3.8, 4) is 11.5 Å². The van der Waals surface area contributed by atoms with Gasteiger partial charge in [0, 0.05) is 23.1 Å². The largest absolute Gasteiger partial charge is 0.497 e. The van der Waals surface area contributed by atoms with Gasteiger partial charge in [-0.15, -0.1) is 0 Å². The first-order chi connectivity index (χ1) is 12.6. The minimum atomic E-state index is -0.507. The number of ether oxygens (including phenoxy) is 3. The smallest absolute Gasteiger partial charge is 0.336 e. The maximum atomic E-state index is 12.1. The van der Waals surface area contributed by atoms with Crippen LogP contribution in [0.2, 0.25) is 0 Å². The maximum Gasteiger partial charge on any atom is 0.336 e. The third-order valence-electron chi connectivity index (χ3n) is 3.93. The summed E-state index contributed by atoms with van der Waals surface area (Å²) in [4.78, 5) is 23.8. The fourth-order valence-corrected chi connectivity index (χ4v) is 2.58. The SMILES string of the molecule is COc1ccc(CC(=O)OCc2cc(=O)oc3cc(OC)ccc23)cc1. The predicted molar refractivity (Wildman–Crippen MR) is 95.5 cm³/mol. The summed E-state index contributed by atoms with van der Waals surface area (Å²) in [5.74, 6) is 0.916. The highest BCUT2D eigenvalue weighted by molar-refractivity contribution is 5.82. The summed E-state index contributed by atoms with van der Waals surface area (Å²) in [5, 5.41) is 0.697. The minimum Gasteiger partial charge on any atom is -0.497 e. The quantitative estimate of drug-likeness (QED) is 0.500. The molecule has 0 spiro atoms. The van der Waals surface area contributed by atoms with Crippen molar-refractivity contribution in [3.05, 3.63) is 70.1 Å². The van der Waals surface area contributed by atoms with E-state index in [9.17, 15) is 9.59 Å². The first kappa shape index (κ1) is 17.5. The van der Waals surface area contributed by atoms with Crippen LogP contribution in [0.4, 0.5) is 0 Å². The van der Waals surface area contributed by atoms with Crippen molar-refractivity contribution in [2.45, 2.75) is 13.0 Å². The number of esters is 1. The normalized spacial score (nSPS) is 10.5. The van der Waals surface area contributed by atoms with Gasteiger partial charge >= 0.3 is 11.6 Å². The van der Waals surface area contributed by atoms with Crippen molar-refractivity contribution in [1.82, 2.24) is 0 Å². The molecule has 6 heteroatoms. The fourth-order valence-electron chi connectivity index (χ4n) is 2.58. The van der Waals surface area contributed by atoms with Crippen molar-refractivity contribution in [2.24, 2.45) is 0 Å². The Morgan fingerprint density at radius 2 is 1.65 bits per heavy atom. The number of hydrogen-bond donors (Lipinski definition) is 0. The molecule has 0 aliphatic carbocycles. The lowest BCUT2D eigenvalue weighted by molar-refractivity contribution is -0.144. The lowest BCUT2D eigenvalue weighted by Gasteiger charge is -2.08. The molecule has 0 unspecified atom stereocenters. The molecule has 0 aliphatic rings. The number of carbonyl (C=O) groups is 1. The van der Waals surface area contributed by atoms with Crippen LogP contribution in [0.3, 0.4) is 0 Å². The first-order valence-corrected chi connectivity index (χ1v) is 7.98. The molecule has 26 heavy (non-hydrogen) atoms. The molecule has 1 aromatic heterocycles. The second-order valence-corrected chi connectivity index (χ2v) is 5.64. The van der Waals surface area contributed by atoms with Crippen LogP contribution in [-0.2, 0) is 22.6 Å². The Labute approximate surface area is 149 Å². The molecule has 0 bridgehead atoms. The third kappa shape index (κ3) is 4.03. The Morgan fingerprint density at radius 1 is 0.962 bits per heavy atom. The van der Waals surface area contributed by atoms with Crippen LogP contribution in [0, 0.1) is 0 Å². The summed E-state index contributed by atoms with van der Waals surface area (Å²) >= 11 is 0. The van der Waals surface area contributed by atoms with E-state index in [1.165, 1.54) is 13.2 Å². The second kappa shape index (κ2) is 7.74. The molecule has 0 radical (unpaired) electrons. The van der Waals surface area contributed by atoms with Gasteiger partial charge < -0.3 is 18.6 Å². The van der Waals surface area contributed by atoms with Crippen molar-refractivity contribution in [2.75, 3.05) is 14.2 Å². The van der Waals surface area contributed by atoms with Crippen LogP contribution < -0.4 is 15.1 Å². The zero-order chi connectivity index (χ0) is 18.5. The Morgan fingerprint density at radius 3 is 2.35 bits per heavy atom. The van der Waals surface area contributed by atoms with Gasteiger partial charge in [-0.1, -0.05) is 12.1 Å². The molecule has 3 rings (SSSR count). The first-order valence-electron chi connectivity index (χ1n) is 7.98. The van der Waals surface area contributed by atoms with E-state index in [0.717, 1.165) is 11.3 Å². The highest BCUT2D eigenvalue weighted by Crippen LogP contribution is 2.23. The van der Waals surface area contributed by atoms with Crippen molar-refractivity contribution in [1.29, 1.82) is 0 Å². The van der Waals surface area contributed by atoms with Gasteiger partial charge in [0.2, 0.25) is 0 Å². The number of rotatable bonds is 6. The summed E-state index contributed by atoms with van der Waals surface area (Å²) in [6.07, 6.45) is 0.136. The van der Waals surface area contributed by atoms with E-state index in [2.05, 4.69) is 0 Å². The summed E-state index contributed by atoms with van der Waals surface area (Å²) in [7, 11) is 3.11. The monoisotopic (exact) mass is 354 g/mol. The number of benzene rings is 2. The van der Waals surface area contributed by atoms with Crippen LogP contribution in [0.5, 0.6) is 11.5 Å². The van der Waals surface area contributed by atoms with Gasteiger partial charge in [-0.2, -0.15) is 0 Å². The topological polar surface area (TPSA) is 75.0 Å². The van der Waals surface area contributed by atoms with Crippen molar-refractivity contribution < 1.29 is 23.4 Å². The standard InChI is InChI=1S/C20H18O6/c1-23-15-5-3-13(4-6-15)9-19(21)25-12-14-10-20(22)26-18-11-16(24-2)7-8-17(14)18/h3-8,10-11H,9,12H2,1-2H3. The zero-order valence-electron chi connectivity index (χ0n) is 14.5. The molecule has 0 saturated carbocycles. The maximum absolute atomic E-state index is 12.1. The molecular weight excluding hydrogens is 336 g/mol. The number of carbonyl (C=O) groups excluding carboxylic acids is 1. The van der Waals surface area contributed by atoms with Gasteiger partial charge in [-0.25, -0.2) is 4.79 Å². The van der Waals surface area contributed by atoms with E-state index in [-0.39, 0.29) is 19.0 Å². The summed E-state index contributed by atoms with van der Waals surface area (Å²) in [6, 6.07) is 13.7. The lowest BCUT2D eigenvalue weighted by Crippen LogP contribution is -2.10. The van der Waals surface area contributed by atoms with Crippen LogP contribution >= 0.6 is 0 Å². The number of hydrogen-bond acceptors (Lipinski definition) is 6. The average Bonchev–Trinajstić information content (AvgIpc) is 2.66. The summed E-state index contributed by atoms with van der Waals surface area (Å²) in [5.41, 5.74) is 1.28. The molecule has 134 valence electrons. The molecule has 2 aromatic carbocycles. The van der Waals surface area contributed by atoms with E-state index in [4.69, 9.17) is 18.6 Å². The van der Waals surface area contributed by atoms with Crippen LogP contribution in [0.25, 0.3) is 11.0 Å². The van der Waals surface area contributed by atoms with E-state index >= 15 is 0 Å². The average molecular weight is 354 g/mol. The van der Waals surface area contributed by atoms with Gasteiger partial charge in [-0.05, 0) is 29.8 Å². The molecule has 0 amide bonds. The van der Waals surface area contributed by atoms with Gasteiger partial charge in [0.15, 0.2) is 0 Å². The van der Waals surface area contributed by atoms with Gasteiger partial charge in [0.25, 0.3) is 0 Å². The van der Waals surface area contributed by atoms with E-state index < -0.39 is 5.63 Å². The Balaban J connectivity index is 1.72. The Kier molecular flexibility index (Phi) is 5.22. The summed E-state index contributed by atoms with van der Waals surface area (Å²) < 4.78 is 20.7. The Hall–Kier alpha value is -3.28. The van der Waals surface area contributed by atoms with E-state index in [0.29, 0.717) is 22.3 Å². The zero-order valence-corrected chi connectivity index (χ0v) is 14.5. The highest BCUT2D eigenvalue weighted by atomic mass is 16.5. The molecular formula is C20H18O6. The molecule has 0 aliphatic heterocycles. The van der Waals surface area contributed by atoms with Gasteiger partial charge in [0.05, 0.1) is 20.6 Å². The van der Waals surface area contributed by atoms with Crippen LogP contribution in [0.1, 0.15) is 11.1 Å². The summed E-state index contributed by atoms with van der Waals surface area (Å²) in [6.45, 7) is -0.0105. The third-order valence-corrected chi connectivity index (χ3v) is 3.93. The molecule has 0 fully saturated rings. The van der Waals surface area contributed by atoms with Crippen LogP contribution in [-0.4, -0.2) is 20.2 Å². The van der Waals surface area contributed by atoms with Crippen molar-refractivity contribution >= 4 is 16.9 Å². The van der Waals surface area contributed by atoms with Gasteiger partial charge in [-0.3, -0.25) is 4.79 Å². The number of methoxy groups -OCH3 is 2. The predicted octanol–water partition coefficient (Wildman–Crippen LogP) is 3.10. The molecule has 1 heterocycles. The number of fused-ring (bicyclic) bond motifs is 1. The molecule has 3 aromatic rings. The lowest BCUT2D eigenvalue weighted by atomic mass is 10.1. The fraction of sp³-hybridized carbons (Fsp3) is 0.200. The molecule has 0 saturated heterocycles. The minimum absolute atomic E-state index is 0.0105. The molecule has 0 atom stereocenters. The second-order valence-electron chi connectivity index (χ2n) is 5.64. The van der Waals surface area contributed by atoms with Crippen molar-refractivity contribution in [3.63, 3.8) is 0 Å². The Bertz CT molecular complexity index is 972. The molecule has 6 nitrogen and oxygen atoms in total. The highest BCUT2D eigenvalue weighted by Gasteiger charge is 2.10. The van der Waals surface area contributed by atoms with E-state index in [1.807, 2.05) is 0 Å². The molecule has 0 N–H and O–H groups in total.